The molecule has 0 saturated carbocycles. The van der Waals surface area contributed by atoms with Gasteiger partial charge in [0.2, 0.25) is 5.91 Å². The first-order valence-electron chi connectivity index (χ1n) is 12.4. The first kappa shape index (κ1) is 27.8. The number of fused-ring (bicyclic) bond motifs is 1. The molecule has 2 aliphatic heterocycles. The van der Waals surface area contributed by atoms with Crippen molar-refractivity contribution in [3.8, 4) is 0 Å². The Morgan fingerprint density at radius 1 is 0.975 bits per heavy atom. The van der Waals surface area contributed by atoms with Gasteiger partial charge in [-0.2, -0.15) is 26.3 Å². The highest BCUT2D eigenvalue weighted by atomic mass is 19.4. The van der Waals surface area contributed by atoms with E-state index in [0.717, 1.165) is 11.1 Å². The second-order valence-electron chi connectivity index (χ2n) is 9.91. The lowest BCUT2D eigenvalue weighted by Crippen LogP contribution is -2.39. The number of hydrogen-bond donors (Lipinski definition) is 0. The summed E-state index contributed by atoms with van der Waals surface area (Å²) in [6, 6.07) is 10.0. The summed E-state index contributed by atoms with van der Waals surface area (Å²) in [7, 11) is 0. The molecule has 2 aliphatic rings. The summed E-state index contributed by atoms with van der Waals surface area (Å²) in [4.78, 5) is 18.8. The van der Waals surface area contributed by atoms with E-state index in [4.69, 9.17) is 4.74 Å². The lowest BCUT2D eigenvalue weighted by atomic mass is 9.84. The van der Waals surface area contributed by atoms with Gasteiger partial charge < -0.3 is 9.64 Å². The number of nitrogens with zero attached hydrogens (tertiary/aromatic N) is 2. The Balaban J connectivity index is 1.49. The van der Waals surface area contributed by atoms with Gasteiger partial charge in [0.15, 0.2) is 0 Å². The zero-order valence-corrected chi connectivity index (χ0v) is 21.0. The maximum absolute atomic E-state index is 13.8. The number of carbonyl (C=O) groups is 1. The number of halogens is 7. The van der Waals surface area contributed by atoms with Crippen LogP contribution in [0.4, 0.5) is 30.7 Å². The Kier molecular flexibility index (Phi) is 7.20. The number of ether oxygens (including phenoxy) is 1. The number of benzene rings is 2. The molecule has 0 N–H and O–H groups in total. The van der Waals surface area contributed by atoms with Crippen molar-refractivity contribution in [2.75, 3.05) is 6.54 Å². The zero-order chi connectivity index (χ0) is 28.8. The summed E-state index contributed by atoms with van der Waals surface area (Å²) < 4.78 is 101. The minimum Gasteiger partial charge on any atom is -0.368 e. The highest BCUT2D eigenvalue weighted by Crippen LogP contribution is 2.45. The third-order valence-corrected chi connectivity index (χ3v) is 7.35. The average molecular weight is 565 g/mol. The van der Waals surface area contributed by atoms with Gasteiger partial charge >= 0.3 is 12.4 Å². The van der Waals surface area contributed by atoms with Crippen LogP contribution in [-0.2, 0) is 21.9 Å². The van der Waals surface area contributed by atoms with Crippen LogP contribution in [0.5, 0.6) is 0 Å². The lowest BCUT2D eigenvalue weighted by molar-refractivity contribution is -0.143. The molecule has 4 nitrogen and oxygen atoms in total. The molecule has 11 heteroatoms. The monoisotopic (exact) mass is 564 g/mol. The SMILES string of the molecule is C[C@@H](O[C@H]1CN2C(=O)C=C(c3cccnc3)C[C@H]2[C@@H]1c1ccc(F)cc1)c1cc(C(F)(F)F)cc(C(F)(F)F)c1. The number of alkyl halides is 6. The molecule has 3 heterocycles. The molecule has 5 rings (SSSR count). The van der Waals surface area contributed by atoms with Gasteiger partial charge in [-0.25, -0.2) is 4.39 Å². The quantitative estimate of drug-likeness (QED) is 0.308. The molecule has 2 aromatic carbocycles. The summed E-state index contributed by atoms with van der Waals surface area (Å²) in [6.45, 7) is 1.42. The fraction of sp³-hybridized carbons (Fsp3) is 0.310. The predicted molar refractivity (Wildman–Crippen MR) is 131 cm³/mol. The molecule has 0 aliphatic carbocycles. The van der Waals surface area contributed by atoms with E-state index in [0.29, 0.717) is 24.1 Å². The molecule has 210 valence electrons. The van der Waals surface area contributed by atoms with Crippen LogP contribution in [0.25, 0.3) is 5.57 Å². The second-order valence-corrected chi connectivity index (χ2v) is 9.91. The molecule has 1 aromatic heterocycles. The zero-order valence-electron chi connectivity index (χ0n) is 21.0. The van der Waals surface area contributed by atoms with Crippen LogP contribution in [0.15, 0.2) is 73.1 Å². The summed E-state index contributed by atoms with van der Waals surface area (Å²) >= 11 is 0. The average Bonchev–Trinajstić information content (AvgIpc) is 3.26. The molecule has 0 bridgehead atoms. The maximum atomic E-state index is 13.8. The molecule has 40 heavy (non-hydrogen) atoms. The van der Waals surface area contributed by atoms with Gasteiger partial charge in [-0.1, -0.05) is 18.2 Å². The Bertz CT molecular complexity index is 1390. The van der Waals surface area contributed by atoms with Crippen LogP contribution in [0.1, 0.15) is 53.2 Å². The lowest BCUT2D eigenvalue weighted by Gasteiger charge is -2.32. The van der Waals surface area contributed by atoms with Gasteiger partial charge in [0, 0.05) is 37.0 Å². The highest BCUT2D eigenvalue weighted by Gasteiger charge is 2.48. The van der Waals surface area contributed by atoms with E-state index in [1.54, 1.807) is 35.5 Å². The van der Waals surface area contributed by atoms with Crippen LogP contribution < -0.4 is 0 Å². The molecule has 3 aromatic rings. The Hall–Kier alpha value is -3.73. The summed E-state index contributed by atoms with van der Waals surface area (Å²) in [5, 5.41) is 0. The number of carbonyl (C=O) groups excluding carboxylic acids is 1. The number of pyridine rings is 1. The molecular formula is C29H23F7N2O2. The standard InChI is InChI=1S/C29H23F7N2O2/c1-16(19-9-21(28(31,32)33)13-22(10-19)29(34,35)36)40-25-15-38-24(27(25)17-4-6-23(30)7-5-17)11-20(12-26(38)39)18-3-2-8-37-14-18/h2-10,12-14,16,24-25,27H,11,15H2,1H3/t16-,24+,25+,27+/m1/s1. The smallest absolute Gasteiger partial charge is 0.368 e. The van der Waals surface area contributed by atoms with E-state index >= 15 is 0 Å². The van der Waals surface area contributed by atoms with Gasteiger partial charge in [-0.05, 0) is 72.0 Å². The van der Waals surface area contributed by atoms with E-state index in [9.17, 15) is 35.5 Å². The van der Waals surface area contributed by atoms with Crippen LogP contribution in [0, 0.1) is 5.82 Å². The third kappa shape index (κ3) is 5.60. The van der Waals surface area contributed by atoms with Crippen molar-refractivity contribution in [2.45, 2.75) is 49.9 Å². The van der Waals surface area contributed by atoms with E-state index in [-0.39, 0.29) is 24.1 Å². The van der Waals surface area contributed by atoms with Gasteiger partial charge in [0.05, 0.1) is 23.3 Å². The molecule has 1 amide bonds. The van der Waals surface area contributed by atoms with Crippen molar-refractivity contribution in [3.63, 3.8) is 0 Å². The van der Waals surface area contributed by atoms with Crippen molar-refractivity contribution in [3.05, 3.63) is 107 Å². The van der Waals surface area contributed by atoms with Crippen molar-refractivity contribution in [1.82, 2.24) is 9.88 Å². The largest absolute Gasteiger partial charge is 0.416 e. The van der Waals surface area contributed by atoms with Crippen molar-refractivity contribution < 1.29 is 40.3 Å². The second kappa shape index (κ2) is 10.3. The fourth-order valence-electron chi connectivity index (χ4n) is 5.45. The van der Waals surface area contributed by atoms with E-state index in [2.05, 4.69) is 4.98 Å². The Morgan fingerprint density at radius 3 is 2.20 bits per heavy atom. The minimum absolute atomic E-state index is 0.0534. The molecule has 1 saturated heterocycles. The molecule has 0 spiro atoms. The highest BCUT2D eigenvalue weighted by molar-refractivity contribution is 5.97. The van der Waals surface area contributed by atoms with Crippen molar-refractivity contribution in [2.24, 2.45) is 0 Å². The third-order valence-electron chi connectivity index (χ3n) is 7.35. The van der Waals surface area contributed by atoms with Gasteiger partial charge in [-0.3, -0.25) is 9.78 Å². The number of rotatable bonds is 5. The molecular weight excluding hydrogens is 541 g/mol. The van der Waals surface area contributed by atoms with E-state index in [1.807, 2.05) is 6.07 Å². The van der Waals surface area contributed by atoms with Crippen molar-refractivity contribution in [1.29, 1.82) is 0 Å². The number of amides is 1. The van der Waals surface area contributed by atoms with Gasteiger partial charge in [0.25, 0.3) is 0 Å². The Labute approximate surface area is 225 Å². The fourth-order valence-corrected chi connectivity index (χ4v) is 5.45. The molecule has 1 fully saturated rings. The van der Waals surface area contributed by atoms with Crippen molar-refractivity contribution >= 4 is 11.5 Å². The molecule has 0 unspecified atom stereocenters. The van der Waals surface area contributed by atoms with Crippen LogP contribution in [0.2, 0.25) is 0 Å². The van der Waals surface area contributed by atoms with Gasteiger partial charge in [0.1, 0.15) is 5.82 Å². The summed E-state index contributed by atoms with van der Waals surface area (Å²) in [6.07, 6.45) is -6.86. The minimum atomic E-state index is -5.00. The topological polar surface area (TPSA) is 42.4 Å². The maximum Gasteiger partial charge on any atom is 0.416 e. The van der Waals surface area contributed by atoms with Crippen LogP contribution >= 0.6 is 0 Å². The van der Waals surface area contributed by atoms with Gasteiger partial charge in [-0.15, -0.1) is 0 Å². The molecule has 4 atom stereocenters. The van der Waals surface area contributed by atoms with Crippen LogP contribution in [0.3, 0.4) is 0 Å². The van der Waals surface area contributed by atoms with Crippen LogP contribution in [-0.4, -0.2) is 34.5 Å². The number of aromatic nitrogens is 1. The predicted octanol–water partition coefficient (Wildman–Crippen LogP) is 7.19. The summed E-state index contributed by atoms with van der Waals surface area (Å²) in [5.41, 5.74) is -1.07. The first-order valence-corrected chi connectivity index (χ1v) is 12.4. The van der Waals surface area contributed by atoms with E-state index in [1.165, 1.54) is 25.1 Å². The normalized spacial score (nSPS) is 22.2. The first-order chi connectivity index (χ1) is 18.8. The molecule has 0 radical (unpaired) electrons. The Morgan fingerprint density at radius 2 is 1.62 bits per heavy atom. The number of hydrogen-bond acceptors (Lipinski definition) is 3. The van der Waals surface area contributed by atoms with E-state index < -0.39 is 53.5 Å². The summed E-state index contributed by atoms with van der Waals surface area (Å²) in [5.74, 6) is -1.32.